The maximum atomic E-state index is 11.8. The summed E-state index contributed by atoms with van der Waals surface area (Å²) in [5, 5.41) is 2.92. The number of halogens is 2. The van der Waals surface area contributed by atoms with Gasteiger partial charge in [0.15, 0.2) is 0 Å². The van der Waals surface area contributed by atoms with Gasteiger partial charge in [-0.3, -0.25) is 5.32 Å². The predicted molar refractivity (Wildman–Crippen MR) is 85.4 cm³/mol. The number of nitrogens with one attached hydrogen (secondary N) is 1. The maximum absolute atomic E-state index is 11.8. The van der Waals surface area contributed by atoms with Crippen molar-refractivity contribution in [3.63, 3.8) is 0 Å². The van der Waals surface area contributed by atoms with E-state index in [0.29, 0.717) is 8.59 Å². The van der Waals surface area contributed by atoms with Crippen molar-refractivity contribution >= 4 is 51.9 Å². The minimum absolute atomic E-state index is 0.215. The molecule has 0 aliphatic rings. The third-order valence-corrected chi connectivity index (χ3v) is 3.63. The summed E-state index contributed by atoms with van der Waals surface area (Å²) in [5.74, 6) is -0.564. The fourth-order valence-electron chi connectivity index (χ4n) is 1.34. The summed E-state index contributed by atoms with van der Waals surface area (Å²) in [7, 11) is 1.26. The molecule has 0 unspecified atom stereocenters. The zero-order chi connectivity index (χ0) is 15.5. The van der Waals surface area contributed by atoms with E-state index in [1.165, 1.54) is 13.2 Å². The Morgan fingerprint density at radius 1 is 1.30 bits per heavy atom. The largest absolute Gasteiger partial charge is 0.465 e. The molecule has 20 heavy (non-hydrogen) atoms. The summed E-state index contributed by atoms with van der Waals surface area (Å²) >= 11 is 7.99. The number of ether oxygens (including phenoxy) is 2. The normalized spacial score (nSPS) is 10.9. The second-order valence-electron chi connectivity index (χ2n) is 4.93. The highest BCUT2D eigenvalue weighted by molar-refractivity contribution is 14.1. The van der Waals surface area contributed by atoms with Crippen LogP contribution >= 0.6 is 34.2 Å². The Labute approximate surface area is 136 Å². The molecule has 1 aromatic rings. The first-order valence-electron chi connectivity index (χ1n) is 5.71. The molecule has 0 radical (unpaired) electrons. The Kier molecular flexibility index (Phi) is 5.64. The van der Waals surface area contributed by atoms with Crippen molar-refractivity contribution in [2.45, 2.75) is 26.4 Å². The number of carbonyl (C=O) groups excluding carboxylic acids is 2. The van der Waals surface area contributed by atoms with Crippen LogP contribution in [0.15, 0.2) is 12.1 Å². The first-order chi connectivity index (χ1) is 9.14. The quantitative estimate of drug-likeness (QED) is 0.588. The molecule has 5 nitrogen and oxygen atoms in total. The predicted octanol–water partition coefficient (Wildman–Crippen LogP) is 4.08. The summed E-state index contributed by atoms with van der Waals surface area (Å²) in [6.45, 7) is 5.23. The van der Waals surface area contributed by atoms with E-state index in [1.807, 2.05) is 22.6 Å². The highest BCUT2D eigenvalue weighted by Crippen LogP contribution is 2.27. The molecule has 1 rings (SSSR count). The molecule has 0 saturated carbocycles. The van der Waals surface area contributed by atoms with Crippen molar-refractivity contribution in [3.8, 4) is 0 Å². The van der Waals surface area contributed by atoms with E-state index >= 15 is 0 Å². The number of rotatable bonds is 2. The van der Waals surface area contributed by atoms with Gasteiger partial charge in [0.1, 0.15) is 5.60 Å². The summed E-state index contributed by atoms with van der Waals surface area (Å²) in [6.07, 6.45) is -0.667. The van der Waals surface area contributed by atoms with Crippen LogP contribution in [-0.2, 0) is 9.47 Å². The van der Waals surface area contributed by atoms with Gasteiger partial charge in [-0.15, -0.1) is 0 Å². The van der Waals surface area contributed by atoms with E-state index < -0.39 is 17.7 Å². The molecule has 1 aromatic carbocycles. The monoisotopic (exact) mass is 411 g/mol. The average Bonchev–Trinajstić information content (AvgIpc) is 2.30. The molecule has 7 heteroatoms. The Morgan fingerprint density at radius 2 is 1.90 bits per heavy atom. The van der Waals surface area contributed by atoms with Crippen LogP contribution in [0.2, 0.25) is 5.02 Å². The molecule has 0 heterocycles. The van der Waals surface area contributed by atoms with E-state index in [4.69, 9.17) is 16.3 Å². The summed E-state index contributed by atoms with van der Waals surface area (Å²) in [6, 6.07) is 3.03. The number of hydrogen-bond donors (Lipinski definition) is 1. The topological polar surface area (TPSA) is 64.6 Å². The molecule has 1 N–H and O–H groups in total. The maximum Gasteiger partial charge on any atom is 0.412 e. The molecule has 110 valence electrons. The summed E-state index contributed by atoms with van der Waals surface area (Å²) in [4.78, 5) is 23.5. The zero-order valence-corrected chi connectivity index (χ0v) is 14.5. The third kappa shape index (κ3) is 4.82. The first-order valence-corrected chi connectivity index (χ1v) is 7.17. The molecular weight excluding hydrogens is 397 g/mol. The van der Waals surface area contributed by atoms with Crippen LogP contribution in [0.25, 0.3) is 0 Å². The SMILES string of the molecule is COC(=O)c1cc(I)c(Cl)cc1NC(=O)OC(C)(C)C. The highest BCUT2D eigenvalue weighted by Gasteiger charge is 2.20. The summed E-state index contributed by atoms with van der Waals surface area (Å²) in [5.41, 5.74) is -0.175. The minimum atomic E-state index is -0.667. The molecule has 0 spiro atoms. The molecule has 0 atom stereocenters. The number of amides is 1. The van der Waals surface area contributed by atoms with Crippen LogP contribution in [0.5, 0.6) is 0 Å². The molecular formula is C13H15ClINO4. The number of hydrogen-bond acceptors (Lipinski definition) is 4. The van der Waals surface area contributed by atoms with Gasteiger partial charge in [-0.2, -0.15) is 0 Å². The van der Waals surface area contributed by atoms with Crippen LogP contribution in [0, 0.1) is 3.57 Å². The van der Waals surface area contributed by atoms with Crippen molar-refractivity contribution in [3.05, 3.63) is 26.3 Å². The smallest absolute Gasteiger partial charge is 0.412 e. The van der Waals surface area contributed by atoms with E-state index in [-0.39, 0.29) is 11.3 Å². The lowest BCUT2D eigenvalue weighted by Crippen LogP contribution is -2.27. The van der Waals surface area contributed by atoms with Gasteiger partial charge in [0.05, 0.1) is 23.4 Å². The van der Waals surface area contributed by atoms with Crippen molar-refractivity contribution in [1.29, 1.82) is 0 Å². The van der Waals surface area contributed by atoms with Crippen LogP contribution in [-0.4, -0.2) is 24.8 Å². The average molecular weight is 412 g/mol. The number of carbonyl (C=O) groups is 2. The van der Waals surface area contributed by atoms with E-state index in [1.54, 1.807) is 26.8 Å². The number of esters is 1. The molecule has 0 bridgehead atoms. The van der Waals surface area contributed by atoms with Crippen molar-refractivity contribution < 1.29 is 19.1 Å². The van der Waals surface area contributed by atoms with Crippen LogP contribution < -0.4 is 5.32 Å². The molecule has 0 aromatic heterocycles. The van der Waals surface area contributed by atoms with Crippen molar-refractivity contribution in [2.24, 2.45) is 0 Å². The Morgan fingerprint density at radius 3 is 2.40 bits per heavy atom. The fraction of sp³-hybridized carbons (Fsp3) is 0.385. The lowest BCUT2D eigenvalue weighted by molar-refractivity contribution is 0.0602. The van der Waals surface area contributed by atoms with Gasteiger partial charge in [-0.1, -0.05) is 11.6 Å². The van der Waals surface area contributed by atoms with Gasteiger partial charge in [0.2, 0.25) is 0 Å². The molecule has 0 saturated heterocycles. The number of methoxy groups -OCH3 is 1. The minimum Gasteiger partial charge on any atom is -0.465 e. The lowest BCUT2D eigenvalue weighted by atomic mass is 10.2. The fourth-order valence-corrected chi connectivity index (χ4v) is 1.97. The highest BCUT2D eigenvalue weighted by atomic mass is 127. The van der Waals surface area contributed by atoms with Gasteiger partial charge in [-0.05, 0) is 55.5 Å². The zero-order valence-electron chi connectivity index (χ0n) is 11.5. The molecule has 0 fully saturated rings. The van der Waals surface area contributed by atoms with Crippen LogP contribution in [0.1, 0.15) is 31.1 Å². The lowest BCUT2D eigenvalue weighted by Gasteiger charge is -2.20. The van der Waals surface area contributed by atoms with E-state index in [0.717, 1.165) is 0 Å². The van der Waals surface area contributed by atoms with E-state index in [2.05, 4.69) is 10.1 Å². The number of benzene rings is 1. The van der Waals surface area contributed by atoms with Gasteiger partial charge in [0.25, 0.3) is 0 Å². The Bertz CT molecular complexity index is 540. The van der Waals surface area contributed by atoms with Crippen molar-refractivity contribution in [1.82, 2.24) is 0 Å². The Hall–Kier alpha value is -1.02. The van der Waals surface area contributed by atoms with E-state index in [9.17, 15) is 9.59 Å². The number of anilines is 1. The Balaban J connectivity index is 3.07. The summed E-state index contributed by atoms with van der Waals surface area (Å²) < 4.78 is 10.5. The first kappa shape index (κ1) is 17.0. The van der Waals surface area contributed by atoms with Crippen LogP contribution in [0.3, 0.4) is 0 Å². The standard InChI is InChI=1S/C13H15ClINO4/c1-13(2,3)20-12(18)16-10-6-8(14)9(15)5-7(10)11(17)19-4/h5-6H,1-4H3,(H,16,18). The van der Waals surface area contributed by atoms with Crippen molar-refractivity contribution in [2.75, 3.05) is 12.4 Å². The van der Waals surface area contributed by atoms with Gasteiger partial charge in [0, 0.05) is 3.57 Å². The molecule has 0 aliphatic heterocycles. The van der Waals surface area contributed by atoms with Gasteiger partial charge >= 0.3 is 12.1 Å². The molecule has 0 aliphatic carbocycles. The van der Waals surface area contributed by atoms with Gasteiger partial charge in [-0.25, -0.2) is 9.59 Å². The van der Waals surface area contributed by atoms with Gasteiger partial charge < -0.3 is 9.47 Å². The second-order valence-corrected chi connectivity index (χ2v) is 6.50. The molecule has 1 amide bonds. The second kappa shape index (κ2) is 6.62. The third-order valence-electron chi connectivity index (χ3n) is 2.10. The van der Waals surface area contributed by atoms with Crippen LogP contribution in [0.4, 0.5) is 10.5 Å².